The molecule has 0 spiro atoms. The van der Waals surface area contributed by atoms with Crippen molar-refractivity contribution in [3.8, 4) is 0 Å². The number of nitrogens with one attached hydrogen (secondary N) is 2. The van der Waals surface area contributed by atoms with Crippen LogP contribution in [-0.2, 0) is 4.79 Å². The number of hydrogen-bond donors (Lipinski definition) is 2. The first-order valence-corrected chi connectivity index (χ1v) is 6.66. The van der Waals surface area contributed by atoms with Crippen molar-refractivity contribution in [2.45, 2.75) is 32.6 Å². The molecule has 100 valence electrons. The minimum absolute atomic E-state index is 0.195. The number of rotatable bonds is 6. The number of likely N-dealkylation sites (tertiary alicyclic amines) is 1. The van der Waals surface area contributed by atoms with Crippen LogP contribution >= 0.6 is 0 Å². The minimum atomic E-state index is 0.195. The van der Waals surface area contributed by atoms with Gasteiger partial charge in [-0.25, -0.2) is 0 Å². The molecule has 0 bridgehead atoms. The zero-order valence-electron chi connectivity index (χ0n) is 11.5. The van der Waals surface area contributed by atoms with Crippen LogP contribution in [0.5, 0.6) is 0 Å². The summed E-state index contributed by atoms with van der Waals surface area (Å²) in [5.74, 6) is 0.195. The highest BCUT2D eigenvalue weighted by molar-refractivity contribution is 5.75. The van der Waals surface area contributed by atoms with Gasteiger partial charge in [-0.15, -0.1) is 0 Å². The van der Waals surface area contributed by atoms with Gasteiger partial charge in [0.05, 0.1) is 0 Å². The summed E-state index contributed by atoms with van der Waals surface area (Å²) in [4.78, 5) is 14.0. The number of piperidine rings is 1. The van der Waals surface area contributed by atoms with Crippen LogP contribution in [0.4, 0.5) is 0 Å². The van der Waals surface area contributed by atoms with E-state index in [0.29, 0.717) is 11.8 Å². The van der Waals surface area contributed by atoms with E-state index in [2.05, 4.69) is 29.5 Å². The number of amides is 1. The van der Waals surface area contributed by atoms with Gasteiger partial charge in [-0.05, 0) is 58.4 Å². The second-order valence-corrected chi connectivity index (χ2v) is 5.60. The molecule has 0 aliphatic carbocycles. The largest absolute Gasteiger partial charge is 0.356 e. The normalized spacial score (nSPS) is 20.2. The lowest BCUT2D eigenvalue weighted by atomic mass is 9.80. The Labute approximate surface area is 105 Å². The molecule has 1 aliphatic heterocycles. The lowest BCUT2D eigenvalue weighted by Crippen LogP contribution is -2.43. The third-order valence-electron chi connectivity index (χ3n) is 3.74. The summed E-state index contributed by atoms with van der Waals surface area (Å²) < 4.78 is 0. The van der Waals surface area contributed by atoms with Crippen molar-refractivity contribution in [1.82, 2.24) is 15.5 Å². The minimum Gasteiger partial charge on any atom is -0.356 e. The van der Waals surface area contributed by atoms with Crippen LogP contribution in [0.1, 0.15) is 32.6 Å². The maximum absolute atomic E-state index is 11.6. The number of carbonyl (C=O) groups is 1. The molecule has 0 aromatic rings. The highest BCUT2D eigenvalue weighted by Crippen LogP contribution is 2.29. The van der Waals surface area contributed by atoms with Crippen LogP contribution in [0.25, 0.3) is 0 Å². The Kier molecular flexibility index (Phi) is 5.92. The van der Waals surface area contributed by atoms with E-state index < -0.39 is 0 Å². The SMILES string of the molecule is CNCCCC(=O)NCC1(C)CCN(C)CC1. The molecule has 1 heterocycles. The van der Waals surface area contributed by atoms with Crippen molar-refractivity contribution < 1.29 is 4.79 Å². The van der Waals surface area contributed by atoms with E-state index in [-0.39, 0.29) is 5.91 Å². The van der Waals surface area contributed by atoms with E-state index in [1.54, 1.807) is 0 Å². The van der Waals surface area contributed by atoms with Crippen molar-refractivity contribution in [3.63, 3.8) is 0 Å². The van der Waals surface area contributed by atoms with Crippen molar-refractivity contribution in [2.24, 2.45) is 5.41 Å². The summed E-state index contributed by atoms with van der Waals surface area (Å²) in [7, 11) is 4.08. The monoisotopic (exact) mass is 241 g/mol. The zero-order valence-corrected chi connectivity index (χ0v) is 11.5. The Balaban J connectivity index is 2.18. The van der Waals surface area contributed by atoms with Gasteiger partial charge in [0.15, 0.2) is 0 Å². The first kappa shape index (κ1) is 14.5. The number of nitrogens with zero attached hydrogens (tertiary/aromatic N) is 1. The summed E-state index contributed by atoms with van der Waals surface area (Å²) >= 11 is 0. The molecular weight excluding hydrogens is 214 g/mol. The smallest absolute Gasteiger partial charge is 0.220 e. The predicted octanol–water partition coefficient (Wildman–Crippen LogP) is 0.834. The molecule has 0 unspecified atom stereocenters. The van der Waals surface area contributed by atoms with Crippen molar-refractivity contribution in [1.29, 1.82) is 0 Å². The highest BCUT2D eigenvalue weighted by Gasteiger charge is 2.28. The first-order chi connectivity index (χ1) is 8.06. The molecular formula is C13H27N3O. The van der Waals surface area contributed by atoms with E-state index in [0.717, 1.165) is 32.6 Å². The van der Waals surface area contributed by atoms with E-state index in [1.807, 2.05) is 7.05 Å². The fourth-order valence-electron chi connectivity index (χ4n) is 2.16. The maximum atomic E-state index is 11.6. The lowest BCUT2D eigenvalue weighted by Gasteiger charge is -2.37. The average molecular weight is 241 g/mol. The van der Waals surface area contributed by atoms with Gasteiger partial charge in [-0.2, -0.15) is 0 Å². The molecule has 4 heteroatoms. The highest BCUT2D eigenvalue weighted by atomic mass is 16.1. The topological polar surface area (TPSA) is 44.4 Å². The number of carbonyl (C=O) groups excluding carboxylic acids is 1. The molecule has 0 atom stereocenters. The van der Waals surface area contributed by atoms with E-state index in [1.165, 1.54) is 12.8 Å². The molecule has 1 rings (SSSR count). The van der Waals surface area contributed by atoms with Gasteiger partial charge >= 0.3 is 0 Å². The fraction of sp³-hybridized carbons (Fsp3) is 0.923. The molecule has 0 saturated carbocycles. The second-order valence-electron chi connectivity index (χ2n) is 5.60. The van der Waals surface area contributed by atoms with Gasteiger partial charge in [0.2, 0.25) is 5.91 Å². The average Bonchev–Trinajstić information content (AvgIpc) is 2.32. The first-order valence-electron chi connectivity index (χ1n) is 6.66. The summed E-state index contributed by atoms with van der Waals surface area (Å²) in [5.41, 5.74) is 0.297. The predicted molar refractivity (Wildman–Crippen MR) is 71.0 cm³/mol. The Morgan fingerprint density at radius 3 is 2.59 bits per heavy atom. The fourth-order valence-corrected chi connectivity index (χ4v) is 2.16. The Morgan fingerprint density at radius 1 is 1.35 bits per heavy atom. The maximum Gasteiger partial charge on any atom is 0.220 e. The van der Waals surface area contributed by atoms with E-state index in [4.69, 9.17) is 0 Å². The Morgan fingerprint density at radius 2 is 2.00 bits per heavy atom. The summed E-state index contributed by atoms with van der Waals surface area (Å²) in [6, 6.07) is 0. The van der Waals surface area contributed by atoms with Gasteiger partial charge in [-0.1, -0.05) is 6.92 Å². The van der Waals surface area contributed by atoms with Crippen LogP contribution < -0.4 is 10.6 Å². The molecule has 0 radical (unpaired) electrons. The summed E-state index contributed by atoms with van der Waals surface area (Å²) in [6.45, 7) is 6.32. The van der Waals surface area contributed by atoms with Crippen LogP contribution in [-0.4, -0.2) is 51.1 Å². The molecule has 2 N–H and O–H groups in total. The van der Waals surface area contributed by atoms with Gasteiger partial charge in [0, 0.05) is 13.0 Å². The van der Waals surface area contributed by atoms with Gasteiger partial charge < -0.3 is 15.5 Å². The Bertz CT molecular complexity index is 235. The molecule has 1 saturated heterocycles. The quantitative estimate of drug-likeness (QED) is 0.677. The summed E-state index contributed by atoms with van der Waals surface area (Å²) in [5, 5.41) is 6.14. The van der Waals surface area contributed by atoms with Gasteiger partial charge in [0.1, 0.15) is 0 Å². The van der Waals surface area contributed by atoms with Crippen molar-refractivity contribution >= 4 is 5.91 Å². The third kappa shape index (κ3) is 5.50. The zero-order chi connectivity index (χ0) is 12.7. The van der Waals surface area contributed by atoms with Crippen molar-refractivity contribution in [2.75, 3.05) is 40.3 Å². The molecule has 17 heavy (non-hydrogen) atoms. The third-order valence-corrected chi connectivity index (χ3v) is 3.74. The van der Waals surface area contributed by atoms with Crippen LogP contribution in [0, 0.1) is 5.41 Å². The standard InChI is InChI=1S/C13H27N3O/c1-13(6-9-16(3)10-7-13)11-15-12(17)5-4-8-14-2/h14H,4-11H2,1-3H3,(H,15,17). The summed E-state index contributed by atoms with van der Waals surface area (Å²) in [6.07, 6.45) is 3.92. The van der Waals surface area contributed by atoms with Crippen LogP contribution in [0.2, 0.25) is 0 Å². The molecule has 1 aliphatic rings. The second kappa shape index (κ2) is 6.97. The van der Waals surface area contributed by atoms with Crippen molar-refractivity contribution in [3.05, 3.63) is 0 Å². The van der Waals surface area contributed by atoms with Gasteiger partial charge in [0.25, 0.3) is 0 Å². The molecule has 0 aromatic carbocycles. The van der Waals surface area contributed by atoms with Crippen LogP contribution in [0.3, 0.4) is 0 Å². The molecule has 1 amide bonds. The Hall–Kier alpha value is -0.610. The number of hydrogen-bond acceptors (Lipinski definition) is 3. The lowest BCUT2D eigenvalue weighted by molar-refractivity contribution is -0.121. The van der Waals surface area contributed by atoms with Crippen LogP contribution in [0.15, 0.2) is 0 Å². The molecule has 1 fully saturated rings. The van der Waals surface area contributed by atoms with E-state index in [9.17, 15) is 4.79 Å². The van der Waals surface area contributed by atoms with Gasteiger partial charge in [-0.3, -0.25) is 4.79 Å². The molecule has 0 aromatic heterocycles. The van der Waals surface area contributed by atoms with E-state index >= 15 is 0 Å². The molecule has 4 nitrogen and oxygen atoms in total.